The van der Waals surface area contributed by atoms with Crippen molar-refractivity contribution in [3.8, 4) is 5.75 Å². The van der Waals surface area contributed by atoms with Gasteiger partial charge in [-0.1, -0.05) is 35.3 Å². The third-order valence-corrected chi connectivity index (χ3v) is 7.52. The Morgan fingerprint density at radius 3 is 2.72 bits per heavy atom. The highest BCUT2D eigenvalue weighted by Crippen LogP contribution is 2.31. The predicted molar refractivity (Wildman–Crippen MR) is 179 cm³/mol. The third kappa shape index (κ3) is 8.42. The second-order valence-electron chi connectivity index (χ2n) is 11.4. The number of quaternary nitrogens is 1. The minimum Gasteiger partial charge on any atom is -0.487 e. The zero-order valence-corrected chi connectivity index (χ0v) is 26.8. The summed E-state index contributed by atoms with van der Waals surface area (Å²) in [5, 5.41) is 19.0. The molecule has 0 fully saturated rings. The van der Waals surface area contributed by atoms with Gasteiger partial charge in [0, 0.05) is 28.6 Å². The molecule has 3 heterocycles. The first kappa shape index (κ1) is 32.5. The standard InChI is InChI=1S/C32H30Cl2N8O4/c1-20-12-22(32(38-20)41(44)45)17-42(2,3)11-5-8-30(43)40-29-15-25-27(16-35-29)36-19-37-31(25)39-24-9-10-28(26(34)14-24)46-18-21-6-4-7-23(33)13-21/h4-10,13-16,19H,11-12,17-18H2,1-3H3,(H-,35,36,37,39,40,43)/p+1/b8-5+. The number of nitro groups is 1. The van der Waals surface area contributed by atoms with Crippen LogP contribution < -0.4 is 15.4 Å². The molecule has 0 saturated carbocycles. The zero-order valence-electron chi connectivity index (χ0n) is 25.3. The van der Waals surface area contributed by atoms with E-state index in [-0.39, 0.29) is 11.7 Å². The molecule has 236 valence electrons. The van der Waals surface area contributed by atoms with Crippen LogP contribution in [0.1, 0.15) is 18.9 Å². The molecule has 2 aromatic carbocycles. The van der Waals surface area contributed by atoms with Crippen molar-refractivity contribution in [1.29, 1.82) is 0 Å². The van der Waals surface area contributed by atoms with Crippen molar-refractivity contribution in [2.24, 2.45) is 4.99 Å². The van der Waals surface area contributed by atoms with Crippen LogP contribution in [0.5, 0.6) is 5.75 Å². The normalized spacial score (nSPS) is 13.3. The summed E-state index contributed by atoms with van der Waals surface area (Å²) in [5.41, 5.74) is 3.57. The number of anilines is 3. The van der Waals surface area contributed by atoms with E-state index in [9.17, 15) is 14.9 Å². The number of halogens is 2. The van der Waals surface area contributed by atoms with Crippen LogP contribution in [0.3, 0.4) is 0 Å². The molecule has 0 spiro atoms. The van der Waals surface area contributed by atoms with Crippen LogP contribution in [-0.2, 0) is 11.4 Å². The molecule has 2 aromatic heterocycles. The number of hydrogen-bond acceptors (Lipinski definition) is 9. The predicted octanol–water partition coefficient (Wildman–Crippen LogP) is 6.58. The second-order valence-corrected chi connectivity index (χ2v) is 12.2. The minimum absolute atomic E-state index is 0.0790. The molecule has 0 unspecified atom stereocenters. The highest BCUT2D eigenvalue weighted by atomic mass is 35.5. The number of pyridine rings is 1. The maximum atomic E-state index is 12.7. The molecule has 1 aliphatic heterocycles. The number of carbonyl (C=O) groups is 1. The summed E-state index contributed by atoms with van der Waals surface area (Å²) in [5.74, 6) is 0.880. The number of nitrogens with zero attached hydrogens (tertiary/aromatic N) is 6. The van der Waals surface area contributed by atoms with E-state index in [1.54, 1.807) is 43.5 Å². The van der Waals surface area contributed by atoms with Gasteiger partial charge in [0.25, 0.3) is 0 Å². The molecule has 1 aliphatic rings. The molecule has 12 nitrogen and oxygen atoms in total. The van der Waals surface area contributed by atoms with E-state index < -0.39 is 4.92 Å². The highest BCUT2D eigenvalue weighted by Gasteiger charge is 2.31. The number of rotatable bonds is 12. The molecule has 1 amide bonds. The number of aromatic nitrogens is 3. The molecule has 0 bridgehead atoms. The van der Waals surface area contributed by atoms with E-state index >= 15 is 0 Å². The van der Waals surface area contributed by atoms with Gasteiger partial charge < -0.3 is 30.0 Å². The molecule has 2 N–H and O–H groups in total. The first-order valence-electron chi connectivity index (χ1n) is 14.2. The van der Waals surface area contributed by atoms with Gasteiger partial charge in [0.2, 0.25) is 5.91 Å². The van der Waals surface area contributed by atoms with Crippen LogP contribution in [0.25, 0.3) is 10.9 Å². The number of carbonyl (C=O) groups excluding carboxylic acids is 1. The monoisotopic (exact) mass is 661 g/mol. The van der Waals surface area contributed by atoms with E-state index in [4.69, 9.17) is 27.9 Å². The van der Waals surface area contributed by atoms with Gasteiger partial charge >= 0.3 is 5.82 Å². The van der Waals surface area contributed by atoms with Crippen molar-refractivity contribution < 1.29 is 18.9 Å². The Labute approximate surface area is 275 Å². The number of fused-ring (bicyclic) bond motifs is 1. The highest BCUT2D eigenvalue weighted by molar-refractivity contribution is 6.32. The fourth-order valence-corrected chi connectivity index (χ4v) is 5.37. The van der Waals surface area contributed by atoms with E-state index in [1.807, 2.05) is 38.4 Å². The number of nitrogens with one attached hydrogen (secondary N) is 2. The van der Waals surface area contributed by atoms with Crippen molar-refractivity contribution in [3.63, 3.8) is 0 Å². The number of hydrogen-bond donors (Lipinski definition) is 2. The van der Waals surface area contributed by atoms with E-state index in [1.165, 1.54) is 12.4 Å². The average molecular weight is 663 g/mol. The summed E-state index contributed by atoms with van der Waals surface area (Å²) in [6, 6.07) is 14.4. The van der Waals surface area contributed by atoms with Crippen LogP contribution in [0, 0.1) is 10.1 Å². The molecule has 0 saturated heterocycles. The summed E-state index contributed by atoms with van der Waals surface area (Å²) in [6.45, 7) is 3.01. The number of amides is 1. The minimum atomic E-state index is -0.442. The Morgan fingerprint density at radius 2 is 1.96 bits per heavy atom. The Hall–Kier alpha value is -4.91. The van der Waals surface area contributed by atoms with Gasteiger partial charge in [-0.15, -0.1) is 0 Å². The summed E-state index contributed by atoms with van der Waals surface area (Å²) in [4.78, 5) is 40.7. The number of ether oxygens (including phenoxy) is 1. The van der Waals surface area contributed by atoms with Crippen LogP contribution in [0.4, 0.5) is 17.3 Å². The lowest BCUT2D eigenvalue weighted by Gasteiger charge is -2.28. The molecule has 46 heavy (non-hydrogen) atoms. The number of likely N-dealkylation sites (N-methyl/N-ethyl adjacent to an activating group) is 1. The summed E-state index contributed by atoms with van der Waals surface area (Å²) in [6.07, 6.45) is 6.60. The first-order chi connectivity index (χ1) is 22.0. The van der Waals surface area contributed by atoms with Gasteiger partial charge in [-0.25, -0.2) is 15.0 Å². The van der Waals surface area contributed by atoms with Gasteiger partial charge in [-0.3, -0.25) is 4.79 Å². The van der Waals surface area contributed by atoms with E-state index in [2.05, 4.69) is 30.6 Å². The zero-order chi connectivity index (χ0) is 32.8. The summed E-state index contributed by atoms with van der Waals surface area (Å²) < 4.78 is 6.28. The van der Waals surface area contributed by atoms with Crippen molar-refractivity contribution in [3.05, 3.63) is 110 Å². The fraction of sp³-hybridized carbons (Fsp3) is 0.219. The van der Waals surface area contributed by atoms with Crippen molar-refractivity contribution in [2.75, 3.05) is 37.8 Å². The Kier molecular flexibility index (Phi) is 9.90. The van der Waals surface area contributed by atoms with Gasteiger partial charge in [0.05, 0.1) is 42.9 Å². The molecule has 0 aliphatic carbocycles. The van der Waals surface area contributed by atoms with Gasteiger partial charge in [0.1, 0.15) is 42.6 Å². The Balaban J connectivity index is 1.22. The van der Waals surface area contributed by atoms with Crippen LogP contribution >= 0.6 is 23.2 Å². The summed E-state index contributed by atoms with van der Waals surface area (Å²) >= 11 is 12.6. The summed E-state index contributed by atoms with van der Waals surface area (Å²) in [7, 11) is 3.88. The average Bonchev–Trinajstić information content (AvgIpc) is 3.36. The molecule has 0 radical (unpaired) electrons. The number of aliphatic imine (C=N–C) groups is 1. The maximum Gasteiger partial charge on any atom is 0.368 e. The van der Waals surface area contributed by atoms with Crippen LogP contribution in [-0.4, -0.2) is 63.2 Å². The topological polar surface area (TPSA) is 145 Å². The van der Waals surface area contributed by atoms with Crippen LogP contribution in [0.2, 0.25) is 10.0 Å². The lowest BCUT2D eigenvalue weighted by atomic mass is 10.1. The number of benzene rings is 2. The molecule has 0 atom stereocenters. The molecular weight excluding hydrogens is 631 g/mol. The smallest absolute Gasteiger partial charge is 0.368 e. The van der Waals surface area contributed by atoms with Gasteiger partial charge in [-0.2, -0.15) is 0 Å². The first-order valence-corrected chi connectivity index (χ1v) is 15.0. The largest absolute Gasteiger partial charge is 0.487 e. The second kappa shape index (κ2) is 14.0. The maximum absolute atomic E-state index is 12.7. The molecular formula is C32H31Cl2N8O4+. The van der Waals surface area contributed by atoms with Crippen LogP contribution in [0.15, 0.2) is 89.6 Å². The van der Waals surface area contributed by atoms with E-state index in [0.29, 0.717) is 80.2 Å². The lowest BCUT2D eigenvalue weighted by Crippen LogP contribution is -2.41. The third-order valence-electron chi connectivity index (χ3n) is 6.99. The van der Waals surface area contributed by atoms with Crippen molar-refractivity contribution >= 4 is 63.0 Å². The van der Waals surface area contributed by atoms with Gasteiger partial charge in [0.15, 0.2) is 0 Å². The molecule has 5 rings (SSSR count). The van der Waals surface area contributed by atoms with Crippen molar-refractivity contribution in [1.82, 2.24) is 15.0 Å². The van der Waals surface area contributed by atoms with Gasteiger partial charge in [-0.05, 0) is 64.9 Å². The Bertz CT molecular complexity index is 1910. The van der Waals surface area contributed by atoms with Crippen molar-refractivity contribution in [2.45, 2.75) is 20.0 Å². The van der Waals surface area contributed by atoms with E-state index in [0.717, 1.165) is 11.3 Å². The molecule has 14 heteroatoms. The molecule has 4 aromatic rings. The quantitative estimate of drug-likeness (QED) is 0.0750. The SMILES string of the molecule is CC1=NC([N+](=O)[O-])=C(C[N+](C)(C)C/C=C/C(=O)Nc2cc3c(Nc4ccc(OCc5cccc(Cl)c5)c(Cl)c4)ncnc3cn2)C1. The lowest BCUT2D eigenvalue weighted by molar-refractivity contribution is -0.880. The fourth-order valence-electron chi connectivity index (χ4n) is 4.93. The Morgan fingerprint density at radius 1 is 1.13 bits per heavy atom.